The average molecular weight is 230 g/mol. The molecule has 0 saturated carbocycles. The monoisotopic (exact) mass is 229 g/mol. The van der Waals surface area contributed by atoms with Crippen molar-refractivity contribution in [3.63, 3.8) is 0 Å². The fourth-order valence-corrected chi connectivity index (χ4v) is 1.43. The van der Waals surface area contributed by atoms with Gasteiger partial charge in [0.05, 0.1) is 0 Å². The largest absolute Gasteiger partial charge is 0.340 e. The summed E-state index contributed by atoms with van der Waals surface area (Å²) in [6.07, 6.45) is 0. The Labute approximate surface area is 93.6 Å². The van der Waals surface area contributed by atoms with Crippen LogP contribution in [0.25, 0.3) is 0 Å². The lowest BCUT2D eigenvalue weighted by Crippen LogP contribution is -2.27. The Hall–Kier alpha value is -1.09. The van der Waals surface area contributed by atoms with Gasteiger partial charge in [-0.2, -0.15) is 0 Å². The number of amides is 1. The van der Waals surface area contributed by atoms with Crippen molar-refractivity contribution in [1.29, 1.82) is 0 Å². The maximum atomic E-state index is 13.4. The molecular formula is C11H13ClFNO. The van der Waals surface area contributed by atoms with Crippen LogP contribution in [0.4, 0.5) is 4.39 Å². The highest BCUT2D eigenvalue weighted by Gasteiger charge is 2.10. The first-order valence-corrected chi connectivity index (χ1v) is 5.13. The average Bonchev–Trinajstić information content (AvgIpc) is 2.20. The number of hydrogen-bond acceptors (Lipinski definition) is 1. The molecule has 1 aromatic rings. The summed E-state index contributed by atoms with van der Waals surface area (Å²) >= 11 is 5.39. The van der Waals surface area contributed by atoms with Crippen LogP contribution in [0.1, 0.15) is 11.1 Å². The van der Waals surface area contributed by atoms with Gasteiger partial charge in [0.15, 0.2) is 0 Å². The summed E-state index contributed by atoms with van der Waals surface area (Å²) in [5.74, 6) is -0.579. The van der Waals surface area contributed by atoms with Crippen LogP contribution in [0.3, 0.4) is 0 Å². The van der Waals surface area contributed by atoms with Crippen molar-refractivity contribution < 1.29 is 9.18 Å². The van der Waals surface area contributed by atoms with Crippen LogP contribution in [-0.4, -0.2) is 23.7 Å². The molecule has 0 aromatic heterocycles. The highest BCUT2D eigenvalue weighted by Crippen LogP contribution is 2.11. The zero-order chi connectivity index (χ0) is 11.4. The number of hydrogen-bond donors (Lipinski definition) is 0. The second-order valence-electron chi connectivity index (χ2n) is 3.48. The van der Waals surface area contributed by atoms with E-state index in [0.717, 1.165) is 5.56 Å². The number of carbonyl (C=O) groups is 1. The van der Waals surface area contributed by atoms with Crippen molar-refractivity contribution in [3.8, 4) is 0 Å². The summed E-state index contributed by atoms with van der Waals surface area (Å²) in [4.78, 5) is 12.6. The Balaban J connectivity index is 2.76. The molecule has 1 amide bonds. The molecule has 0 aliphatic rings. The number of nitrogens with zero attached hydrogens (tertiary/aromatic N) is 1. The lowest BCUT2D eigenvalue weighted by molar-refractivity contribution is -0.127. The Morgan fingerprint density at radius 1 is 1.53 bits per heavy atom. The molecule has 15 heavy (non-hydrogen) atoms. The summed E-state index contributed by atoms with van der Waals surface area (Å²) in [6.45, 7) is 2.07. The van der Waals surface area contributed by atoms with Crippen molar-refractivity contribution >= 4 is 17.5 Å². The van der Waals surface area contributed by atoms with E-state index in [2.05, 4.69) is 0 Å². The number of aryl methyl sites for hydroxylation is 1. The predicted molar refractivity (Wildman–Crippen MR) is 58.3 cm³/mol. The van der Waals surface area contributed by atoms with E-state index >= 15 is 0 Å². The van der Waals surface area contributed by atoms with E-state index in [4.69, 9.17) is 11.6 Å². The van der Waals surface area contributed by atoms with E-state index in [9.17, 15) is 9.18 Å². The van der Waals surface area contributed by atoms with Gasteiger partial charge in [-0.15, -0.1) is 11.6 Å². The summed E-state index contributed by atoms with van der Waals surface area (Å²) in [6, 6.07) is 4.95. The third-order valence-corrected chi connectivity index (χ3v) is 2.38. The molecule has 2 nitrogen and oxygen atoms in total. The summed E-state index contributed by atoms with van der Waals surface area (Å²) in [5.41, 5.74) is 1.36. The molecule has 0 spiro atoms. The van der Waals surface area contributed by atoms with Crippen LogP contribution in [0.2, 0.25) is 0 Å². The molecule has 0 heterocycles. The normalized spacial score (nSPS) is 10.1. The summed E-state index contributed by atoms with van der Waals surface area (Å²) < 4.78 is 13.4. The van der Waals surface area contributed by atoms with E-state index in [1.54, 1.807) is 13.1 Å². The van der Waals surface area contributed by atoms with Gasteiger partial charge in [0.2, 0.25) is 5.91 Å². The van der Waals surface area contributed by atoms with Crippen LogP contribution in [-0.2, 0) is 11.3 Å². The molecule has 0 aliphatic heterocycles. The number of rotatable bonds is 3. The lowest BCUT2D eigenvalue weighted by Gasteiger charge is -2.16. The van der Waals surface area contributed by atoms with Gasteiger partial charge in [0.1, 0.15) is 11.7 Å². The predicted octanol–water partition coefficient (Wildman–Crippen LogP) is 2.33. The van der Waals surface area contributed by atoms with Gasteiger partial charge in [0.25, 0.3) is 0 Å². The van der Waals surface area contributed by atoms with E-state index in [1.165, 1.54) is 11.0 Å². The maximum absolute atomic E-state index is 13.4. The molecule has 4 heteroatoms. The van der Waals surface area contributed by atoms with E-state index < -0.39 is 0 Å². The Bertz CT molecular complexity index is 368. The number of alkyl halides is 1. The number of halogens is 2. The van der Waals surface area contributed by atoms with Crippen LogP contribution >= 0.6 is 11.6 Å². The topological polar surface area (TPSA) is 20.3 Å². The van der Waals surface area contributed by atoms with E-state index in [0.29, 0.717) is 5.56 Å². The van der Waals surface area contributed by atoms with Crippen molar-refractivity contribution in [2.75, 3.05) is 12.9 Å². The fraction of sp³-hybridized carbons (Fsp3) is 0.364. The number of benzene rings is 1. The minimum Gasteiger partial charge on any atom is -0.340 e. The van der Waals surface area contributed by atoms with Gasteiger partial charge < -0.3 is 4.90 Å². The first kappa shape index (κ1) is 12.0. The van der Waals surface area contributed by atoms with Gasteiger partial charge in [-0.05, 0) is 18.6 Å². The number of carbonyl (C=O) groups excluding carboxylic acids is 1. The Morgan fingerprint density at radius 3 is 2.73 bits per heavy atom. The molecule has 0 aliphatic carbocycles. The molecule has 0 atom stereocenters. The molecule has 0 unspecified atom stereocenters. The van der Waals surface area contributed by atoms with Gasteiger partial charge >= 0.3 is 0 Å². The van der Waals surface area contributed by atoms with Crippen molar-refractivity contribution in [1.82, 2.24) is 4.90 Å². The van der Waals surface area contributed by atoms with E-state index in [1.807, 2.05) is 13.0 Å². The van der Waals surface area contributed by atoms with Crippen LogP contribution in [0.15, 0.2) is 18.2 Å². The second-order valence-corrected chi connectivity index (χ2v) is 3.75. The zero-order valence-electron chi connectivity index (χ0n) is 8.76. The quantitative estimate of drug-likeness (QED) is 0.729. The molecule has 0 fully saturated rings. The smallest absolute Gasteiger partial charge is 0.237 e. The molecule has 1 aromatic carbocycles. The molecule has 82 valence electrons. The van der Waals surface area contributed by atoms with Crippen LogP contribution in [0.5, 0.6) is 0 Å². The third-order valence-electron chi connectivity index (χ3n) is 2.16. The summed E-state index contributed by atoms with van der Waals surface area (Å²) in [7, 11) is 1.60. The SMILES string of the molecule is Cc1ccc(CN(C)C(=O)CCl)c(F)c1. The maximum Gasteiger partial charge on any atom is 0.237 e. The third kappa shape index (κ3) is 3.20. The highest BCUT2D eigenvalue weighted by atomic mass is 35.5. The standard InChI is InChI=1S/C11H13ClFNO/c1-8-3-4-9(10(13)5-8)7-14(2)11(15)6-12/h3-5H,6-7H2,1-2H3. The summed E-state index contributed by atoms with van der Waals surface area (Å²) in [5, 5.41) is 0. The molecule has 0 radical (unpaired) electrons. The highest BCUT2D eigenvalue weighted by molar-refractivity contribution is 6.27. The van der Waals surface area contributed by atoms with Gasteiger partial charge in [-0.1, -0.05) is 12.1 Å². The van der Waals surface area contributed by atoms with E-state index in [-0.39, 0.29) is 24.1 Å². The zero-order valence-corrected chi connectivity index (χ0v) is 9.51. The first-order valence-electron chi connectivity index (χ1n) is 4.59. The fourth-order valence-electron chi connectivity index (χ4n) is 1.23. The minimum atomic E-state index is -0.288. The van der Waals surface area contributed by atoms with Gasteiger partial charge in [-0.3, -0.25) is 4.79 Å². The Kier molecular flexibility index (Phi) is 4.09. The second kappa shape index (κ2) is 5.12. The molecule has 0 bridgehead atoms. The molecular weight excluding hydrogens is 217 g/mol. The molecule has 0 saturated heterocycles. The van der Waals surface area contributed by atoms with Crippen molar-refractivity contribution in [2.24, 2.45) is 0 Å². The van der Waals surface area contributed by atoms with Crippen LogP contribution < -0.4 is 0 Å². The van der Waals surface area contributed by atoms with Crippen molar-refractivity contribution in [3.05, 3.63) is 35.1 Å². The van der Waals surface area contributed by atoms with Gasteiger partial charge in [0, 0.05) is 19.2 Å². The molecule has 1 rings (SSSR count). The van der Waals surface area contributed by atoms with Crippen LogP contribution in [0, 0.1) is 12.7 Å². The van der Waals surface area contributed by atoms with Gasteiger partial charge in [-0.25, -0.2) is 4.39 Å². The van der Waals surface area contributed by atoms with Crippen molar-refractivity contribution in [2.45, 2.75) is 13.5 Å². The molecule has 0 N–H and O–H groups in total. The lowest BCUT2D eigenvalue weighted by atomic mass is 10.1. The minimum absolute atomic E-state index is 0.0794. The first-order chi connectivity index (χ1) is 7.04. The Morgan fingerprint density at radius 2 is 2.20 bits per heavy atom.